The number of nitrogen functional groups attached to an aromatic ring is 2. The predicted octanol–water partition coefficient (Wildman–Crippen LogP) is 2.57. The monoisotopic (exact) mass is 403 g/mol. The lowest BCUT2D eigenvalue weighted by Gasteiger charge is -2.13. The molecule has 0 saturated carbocycles. The maximum atomic E-state index is 12.4. The number of aryl methyl sites for hydroxylation is 1. The largest absolute Gasteiger partial charge is 0.383 e. The highest BCUT2D eigenvalue weighted by Crippen LogP contribution is 2.31. The number of rotatable bonds is 7. The standard InChI is InChI=1S/C19H25N5O3S/c1-4-24-6-5-15-16(24)8-13(7-14-10-22-19(21)23-18(14)20)9-17(15)27-28(25,26)11-12(2)3/h5-6,8-10,12H,4,7,11H2,1-3H3,(H4,20,21,22,23). The Hall–Kier alpha value is -2.81. The summed E-state index contributed by atoms with van der Waals surface area (Å²) in [5, 5.41) is 0.749. The van der Waals surface area contributed by atoms with Gasteiger partial charge in [0.2, 0.25) is 5.95 Å². The Balaban J connectivity index is 2.06. The van der Waals surface area contributed by atoms with E-state index in [2.05, 4.69) is 9.97 Å². The number of anilines is 2. The van der Waals surface area contributed by atoms with Crippen molar-refractivity contribution in [2.75, 3.05) is 17.2 Å². The van der Waals surface area contributed by atoms with Gasteiger partial charge >= 0.3 is 10.1 Å². The van der Waals surface area contributed by atoms with Gasteiger partial charge in [-0.05, 0) is 36.6 Å². The molecule has 150 valence electrons. The number of hydrogen-bond donors (Lipinski definition) is 2. The minimum Gasteiger partial charge on any atom is -0.383 e. The molecule has 1 aromatic carbocycles. The molecule has 2 heterocycles. The molecule has 0 aliphatic heterocycles. The van der Waals surface area contributed by atoms with Gasteiger partial charge in [-0.15, -0.1) is 0 Å². The van der Waals surface area contributed by atoms with Crippen molar-refractivity contribution in [1.82, 2.24) is 14.5 Å². The van der Waals surface area contributed by atoms with Crippen LogP contribution in [0.4, 0.5) is 11.8 Å². The van der Waals surface area contributed by atoms with Crippen LogP contribution in [0.1, 0.15) is 31.9 Å². The predicted molar refractivity (Wildman–Crippen MR) is 111 cm³/mol. The van der Waals surface area contributed by atoms with Crippen LogP contribution in [-0.4, -0.2) is 28.7 Å². The molecule has 0 fully saturated rings. The molecule has 8 nitrogen and oxygen atoms in total. The first kappa shape index (κ1) is 19.9. The summed E-state index contributed by atoms with van der Waals surface area (Å²) in [7, 11) is -3.70. The van der Waals surface area contributed by atoms with Crippen LogP contribution in [0, 0.1) is 5.92 Å². The van der Waals surface area contributed by atoms with Gasteiger partial charge in [-0.3, -0.25) is 0 Å². The van der Waals surface area contributed by atoms with Gasteiger partial charge in [-0.2, -0.15) is 13.4 Å². The molecule has 0 spiro atoms. The molecule has 3 aromatic rings. The summed E-state index contributed by atoms with van der Waals surface area (Å²) in [5.41, 5.74) is 14.0. The van der Waals surface area contributed by atoms with E-state index >= 15 is 0 Å². The van der Waals surface area contributed by atoms with Crippen LogP contribution in [0.25, 0.3) is 10.9 Å². The maximum absolute atomic E-state index is 12.4. The highest BCUT2D eigenvalue weighted by molar-refractivity contribution is 7.87. The number of hydrogen-bond acceptors (Lipinski definition) is 7. The van der Waals surface area contributed by atoms with Crippen molar-refractivity contribution in [3.8, 4) is 5.75 Å². The van der Waals surface area contributed by atoms with Gasteiger partial charge in [0.1, 0.15) is 5.82 Å². The highest BCUT2D eigenvalue weighted by atomic mass is 32.2. The summed E-state index contributed by atoms with van der Waals surface area (Å²) < 4.78 is 32.3. The molecular weight excluding hydrogens is 378 g/mol. The molecule has 0 atom stereocenters. The zero-order chi connectivity index (χ0) is 20.5. The number of nitrogens with zero attached hydrogens (tertiary/aromatic N) is 3. The Morgan fingerprint density at radius 3 is 2.64 bits per heavy atom. The summed E-state index contributed by atoms with van der Waals surface area (Å²) in [6, 6.07) is 5.59. The minimum atomic E-state index is -3.70. The van der Waals surface area contributed by atoms with Gasteiger partial charge in [0.15, 0.2) is 5.75 Å². The normalized spacial score (nSPS) is 12.0. The van der Waals surface area contributed by atoms with E-state index in [1.807, 2.05) is 43.7 Å². The van der Waals surface area contributed by atoms with Crippen LogP contribution in [-0.2, 0) is 23.1 Å². The Bertz CT molecular complexity index is 1110. The van der Waals surface area contributed by atoms with Crippen molar-refractivity contribution in [3.05, 3.63) is 41.7 Å². The minimum absolute atomic E-state index is 0.0318. The lowest BCUT2D eigenvalue weighted by Crippen LogP contribution is -2.17. The van der Waals surface area contributed by atoms with Crippen molar-refractivity contribution < 1.29 is 12.6 Å². The average molecular weight is 404 g/mol. The number of nitrogens with two attached hydrogens (primary N) is 2. The molecule has 0 bridgehead atoms. The Labute approximate surface area is 164 Å². The third-order valence-electron chi connectivity index (χ3n) is 4.32. The van der Waals surface area contributed by atoms with Gasteiger partial charge in [0.05, 0.1) is 11.3 Å². The fraction of sp³-hybridized carbons (Fsp3) is 0.368. The number of benzene rings is 1. The van der Waals surface area contributed by atoms with E-state index in [9.17, 15) is 8.42 Å². The molecular formula is C19H25N5O3S. The second-order valence-electron chi connectivity index (χ2n) is 7.15. The van der Waals surface area contributed by atoms with E-state index in [0.717, 1.165) is 23.0 Å². The van der Waals surface area contributed by atoms with Crippen LogP contribution in [0.15, 0.2) is 30.6 Å². The Morgan fingerprint density at radius 1 is 1.25 bits per heavy atom. The summed E-state index contributed by atoms with van der Waals surface area (Å²) in [4.78, 5) is 7.97. The van der Waals surface area contributed by atoms with Crippen LogP contribution < -0.4 is 15.7 Å². The fourth-order valence-corrected chi connectivity index (χ4v) is 4.43. The van der Waals surface area contributed by atoms with E-state index in [1.54, 1.807) is 12.3 Å². The first-order valence-electron chi connectivity index (χ1n) is 9.09. The maximum Gasteiger partial charge on any atom is 0.309 e. The Morgan fingerprint density at radius 2 is 2.00 bits per heavy atom. The number of aromatic nitrogens is 3. The fourth-order valence-electron chi connectivity index (χ4n) is 3.13. The topological polar surface area (TPSA) is 126 Å². The van der Waals surface area contributed by atoms with Crippen molar-refractivity contribution in [2.24, 2.45) is 5.92 Å². The van der Waals surface area contributed by atoms with Crippen LogP contribution in [0.5, 0.6) is 5.75 Å². The second kappa shape index (κ2) is 7.67. The molecule has 2 aromatic heterocycles. The van der Waals surface area contributed by atoms with Crippen molar-refractivity contribution in [2.45, 2.75) is 33.7 Å². The van der Waals surface area contributed by atoms with Gasteiger partial charge in [-0.1, -0.05) is 13.8 Å². The second-order valence-corrected chi connectivity index (χ2v) is 8.76. The molecule has 0 radical (unpaired) electrons. The Kier molecular flexibility index (Phi) is 5.46. The van der Waals surface area contributed by atoms with Crippen molar-refractivity contribution in [1.29, 1.82) is 0 Å². The van der Waals surface area contributed by atoms with E-state index in [-0.39, 0.29) is 17.6 Å². The van der Waals surface area contributed by atoms with Crippen molar-refractivity contribution >= 4 is 32.8 Å². The third kappa shape index (κ3) is 4.36. The molecule has 4 N–H and O–H groups in total. The molecule has 28 heavy (non-hydrogen) atoms. The van der Waals surface area contributed by atoms with Gasteiger partial charge < -0.3 is 20.2 Å². The van der Waals surface area contributed by atoms with E-state index in [1.165, 1.54) is 0 Å². The molecule has 0 unspecified atom stereocenters. The molecule has 0 amide bonds. The highest BCUT2D eigenvalue weighted by Gasteiger charge is 2.19. The summed E-state index contributed by atoms with van der Waals surface area (Å²) in [6.45, 7) is 6.45. The quantitative estimate of drug-likeness (QED) is 0.581. The molecule has 9 heteroatoms. The molecule has 3 rings (SSSR count). The van der Waals surface area contributed by atoms with Gasteiger partial charge in [0.25, 0.3) is 0 Å². The van der Waals surface area contributed by atoms with Crippen LogP contribution >= 0.6 is 0 Å². The van der Waals surface area contributed by atoms with E-state index in [0.29, 0.717) is 23.6 Å². The molecule has 0 aliphatic rings. The van der Waals surface area contributed by atoms with Gasteiger partial charge in [0, 0.05) is 36.3 Å². The first-order valence-corrected chi connectivity index (χ1v) is 10.7. The van der Waals surface area contributed by atoms with Crippen LogP contribution in [0.3, 0.4) is 0 Å². The summed E-state index contributed by atoms with van der Waals surface area (Å²) in [5.74, 6) is 0.644. The summed E-state index contributed by atoms with van der Waals surface area (Å²) in [6.07, 6.45) is 3.92. The SMILES string of the molecule is CCn1ccc2c(OS(=O)(=O)CC(C)C)cc(Cc3cnc(N)nc3N)cc21. The lowest BCUT2D eigenvalue weighted by atomic mass is 10.0. The van der Waals surface area contributed by atoms with Crippen molar-refractivity contribution in [3.63, 3.8) is 0 Å². The zero-order valence-corrected chi connectivity index (χ0v) is 17.0. The third-order valence-corrected chi connectivity index (χ3v) is 5.83. The molecule has 0 aliphatic carbocycles. The lowest BCUT2D eigenvalue weighted by molar-refractivity contribution is 0.479. The number of fused-ring (bicyclic) bond motifs is 1. The zero-order valence-electron chi connectivity index (χ0n) is 16.2. The summed E-state index contributed by atoms with van der Waals surface area (Å²) >= 11 is 0. The smallest absolute Gasteiger partial charge is 0.309 e. The van der Waals surface area contributed by atoms with E-state index in [4.69, 9.17) is 15.7 Å². The molecule has 0 saturated heterocycles. The first-order chi connectivity index (χ1) is 13.2. The van der Waals surface area contributed by atoms with E-state index < -0.39 is 10.1 Å². The average Bonchev–Trinajstić information content (AvgIpc) is 2.99. The van der Waals surface area contributed by atoms with Crippen LogP contribution in [0.2, 0.25) is 0 Å². The van der Waals surface area contributed by atoms with Gasteiger partial charge in [-0.25, -0.2) is 4.98 Å².